The first kappa shape index (κ1) is 12.9. The number of aliphatic hydroxyl groups is 1. The van der Waals surface area contributed by atoms with E-state index in [1.807, 2.05) is 12.1 Å². The molecule has 0 amide bonds. The first-order valence-electron chi connectivity index (χ1n) is 6.65. The molecular weight excluding hydrogens is 232 g/mol. The highest BCUT2D eigenvalue weighted by Crippen LogP contribution is 2.31. The van der Waals surface area contributed by atoms with Gasteiger partial charge in [-0.1, -0.05) is 55.8 Å². The van der Waals surface area contributed by atoms with Crippen LogP contribution in [0.1, 0.15) is 37.7 Å². The molecule has 1 fully saturated rings. The second kappa shape index (κ2) is 6.42. The van der Waals surface area contributed by atoms with Crippen LogP contribution in [0.15, 0.2) is 24.3 Å². The van der Waals surface area contributed by atoms with Gasteiger partial charge in [-0.05, 0) is 36.0 Å². The lowest BCUT2D eigenvalue weighted by Crippen LogP contribution is -2.23. The molecule has 0 spiro atoms. The molecule has 1 aliphatic rings. The maximum Gasteiger partial charge on any atom is 0.0465 e. The summed E-state index contributed by atoms with van der Waals surface area (Å²) in [5, 5.41) is 10.4. The number of aliphatic hydroxyl groups excluding tert-OH is 1. The van der Waals surface area contributed by atoms with Gasteiger partial charge in [0.25, 0.3) is 0 Å². The van der Waals surface area contributed by atoms with E-state index in [0.29, 0.717) is 18.4 Å². The topological polar surface area (TPSA) is 20.2 Å². The number of benzene rings is 1. The van der Waals surface area contributed by atoms with Gasteiger partial charge in [0.1, 0.15) is 0 Å². The molecule has 2 rings (SSSR count). The fraction of sp³-hybridized carbons (Fsp3) is 0.600. The van der Waals surface area contributed by atoms with Crippen molar-refractivity contribution < 1.29 is 5.11 Å². The molecule has 94 valence electrons. The second-order valence-corrected chi connectivity index (χ2v) is 5.61. The fourth-order valence-corrected chi connectivity index (χ4v) is 3.04. The average molecular weight is 253 g/mol. The lowest BCUT2D eigenvalue weighted by Gasteiger charge is -2.29. The van der Waals surface area contributed by atoms with Crippen LogP contribution < -0.4 is 0 Å². The third-order valence-electron chi connectivity index (χ3n) is 3.96. The van der Waals surface area contributed by atoms with Gasteiger partial charge >= 0.3 is 0 Å². The third kappa shape index (κ3) is 3.72. The highest BCUT2D eigenvalue weighted by molar-refractivity contribution is 6.30. The van der Waals surface area contributed by atoms with Crippen molar-refractivity contribution >= 4 is 11.6 Å². The normalized spacial score (nSPS) is 19.2. The Morgan fingerprint density at radius 1 is 1.12 bits per heavy atom. The highest BCUT2D eigenvalue weighted by atomic mass is 35.5. The highest BCUT2D eigenvalue weighted by Gasteiger charge is 2.23. The zero-order valence-electron chi connectivity index (χ0n) is 10.2. The SMILES string of the molecule is OCC(Cc1ccc(Cl)cc1)C1CCCCC1. The first-order valence-corrected chi connectivity index (χ1v) is 7.02. The van der Waals surface area contributed by atoms with Crippen LogP contribution in [0.2, 0.25) is 5.02 Å². The van der Waals surface area contributed by atoms with Crippen LogP contribution in [0.25, 0.3) is 0 Å². The van der Waals surface area contributed by atoms with Crippen molar-refractivity contribution in [1.82, 2.24) is 0 Å². The minimum atomic E-state index is 0.313. The average Bonchev–Trinajstić information content (AvgIpc) is 2.39. The van der Waals surface area contributed by atoms with Gasteiger partial charge in [0.2, 0.25) is 0 Å². The zero-order valence-corrected chi connectivity index (χ0v) is 11.0. The van der Waals surface area contributed by atoms with Gasteiger partial charge in [0.15, 0.2) is 0 Å². The molecule has 0 radical (unpaired) electrons. The summed E-state index contributed by atoms with van der Waals surface area (Å²) in [6.07, 6.45) is 7.61. The molecule has 1 aliphatic carbocycles. The summed E-state index contributed by atoms with van der Waals surface area (Å²) in [4.78, 5) is 0. The van der Waals surface area contributed by atoms with E-state index in [1.165, 1.54) is 37.7 Å². The molecule has 1 unspecified atom stereocenters. The molecule has 17 heavy (non-hydrogen) atoms. The van der Waals surface area contributed by atoms with Crippen molar-refractivity contribution in [3.63, 3.8) is 0 Å². The van der Waals surface area contributed by atoms with Gasteiger partial charge in [0, 0.05) is 11.6 Å². The maximum atomic E-state index is 9.57. The molecular formula is C15H21ClO. The Bertz CT molecular complexity index is 327. The van der Waals surface area contributed by atoms with Crippen LogP contribution in [0.4, 0.5) is 0 Å². The van der Waals surface area contributed by atoms with Crippen molar-refractivity contribution in [2.45, 2.75) is 38.5 Å². The van der Waals surface area contributed by atoms with E-state index < -0.39 is 0 Å². The van der Waals surface area contributed by atoms with E-state index in [-0.39, 0.29) is 0 Å². The van der Waals surface area contributed by atoms with Gasteiger partial charge in [0.05, 0.1) is 0 Å². The summed E-state index contributed by atoms with van der Waals surface area (Å²) >= 11 is 5.88. The van der Waals surface area contributed by atoms with Crippen molar-refractivity contribution in [2.24, 2.45) is 11.8 Å². The Kier molecular flexibility index (Phi) is 4.87. The van der Waals surface area contributed by atoms with Crippen LogP contribution in [0.3, 0.4) is 0 Å². The Morgan fingerprint density at radius 3 is 2.35 bits per heavy atom. The molecule has 1 atom stereocenters. The lowest BCUT2D eigenvalue weighted by molar-refractivity contribution is 0.147. The van der Waals surface area contributed by atoms with E-state index >= 15 is 0 Å². The Hall–Kier alpha value is -0.530. The molecule has 0 aliphatic heterocycles. The molecule has 1 nitrogen and oxygen atoms in total. The summed E-state index contributed by atoms with van der Waals surface area (Å²) in [6.45, 7) is 0.313. The summed E-state index contributed by atoms with van der Waals surface area (Å²) in [5.74, 6) is 1.14. The van der Waals surface area contributed by atoms with Crippen molar-refractivity contribution in [3.05, 3.63) is 34.9 Å². The van der Waals surface area contributed by atoms with Gasteiger partial charge in [-0.25, -0.2) is 0 Å². The van der Waals surface area contributed by atoms with Crippen LogP contribution in [-0.4, -0.2) is 11.7 Å². The van der Waals surface area contributed by atoms with Crippen molar-refractivity contribution in [1.29, 1.82) is 0 Å². The Labute approximate surface area is 109 Å². The van der Waals surface area contributed by atoms with Gasteiger partial charge in [-0.15, -0.1) is 0 Å². The number of rotatable bonds is 4. The quantitative estimate of drug-likeness (QED) is 0.857. The first-order chi connectivity index (χ1) is 8.29. The third-order valence-corrected chi connectivity index (χ3v) is 4.21. The molecule has 0 saturated heterocycles. The lowest BCUT2D eigenvalue weighted by atomic mass is 9.78. The van der Waals surface area contributed by atoms with Gasteiger partial charge in [-0.3, -0.25) is 0 Å². The summed E-state index contributed by atoms with van der Waals surface area (Å²) < 4.78 is 0. The summed E-state index contributed by atoms with van der Waals surface area (Å²) in [6, 6.07) is 8.03. The minimum absolute atomic E-state index is 0.313. The van der Waals surface area contributed by atoms with Crippen LogP contribution in [-0.2, 0) is 6.42 Å². The van der Waals surface area contributed by atoms with Crippen LogP contribution >= 0.6 is 11.6 Å². The fourth-order valence-electron chi connectivity index (χ4n) is 2.91. The molecule has 0 bridgehead atoms. The Balaban J connectivity index is 1.96. The monoisotopic (exact) mass is 252 g/mol. The Morgan fingerprint density at radius 2 is 1.76 bits per heavy atom. The van der Waals surface area contributed by atoms with Crippen LogP contribution in [0, 0.1) is 11.8 Å². The zero-order chi connectivity index (χ0) is 12.1. The maximum absolute atomic E-state index is 9.57. The molecule has 1 aromatic rings. The number of hydrogen-bond donors (Lipinski definition) is 1. The minimum Gasteiger partial charge on any atom is -0.396 e. The van der Waals surface area contributed by atoms with E-state index in [9.17, 15) is 5.11 Å². The van der Waals surface area contributed by atoms with Crippen molar-refractivity contribution in [2.75, 3.05) is 6.61 Å². The van der Waals surface area contributed by atoms with Gasteiger partial charge in [-0.2, -0.15) is 0 Å². The second-order valence-electron chi connectivity index (χ2n) is 5.17. The standard InChI is InChI=1S/C15H21ClO/c16-15-8-6-12(7-9-15)10-14(11-17)13-4-2-1-3-5-13/h6-9,13-14,17H,1-5,10-11H2. The predicted molar refractivity (Wildman–Crippen MR) is 72.3 cm³/mol. The molecule has 1 aromatic carbocycles. The summed E-state index contributed by atoms with van der Waals surface area (Å²) in [7, 11) is 0. The molecule has 1 saturated carbocycles. The molecule has 0 aromatic heterocycles. The number of halogens is 1. The molecule has 0 heterocycles. The van der Waals surface area contributed by atoms with E-state index in [4.69, 9.17) is 11.6 Å². The van der Waals surface area contributed by atoms with E-state index in [1.54, 1.807) is 0 Å². The molecule has 2 heteroatoms. The van der Waals surface area contributed by atoms with Crippen molar-refractivity contribution in [3.8, 4) is 0 Å². The number of hydrogen-bond acceptors (Lipinski definition) is 1. The van der Waals surface area contributed by atoms with Crippen LogP contribution in [0.5, 0.6) is 0 Å². The molecule has 1 N–H and O–H groups in total. The smallest absolute Gasteiger partial charge is 0.0465 e. The predicted octanol–water partition coefficient (Wildman–Crippen LogP) is 4.07. The largest absolute Gasteiger partial charge is 0.396 e. The van der Waals surface area contributed by atoms with Gasteiger partial charge < -0.3 is 5.11 Å². The summed E-state index contributed by atoms with van der Waals surface area (Å²) in [5.41, 5.74) is 1.29. The van der Waals surface area contributed by atoms with E-state index in [0.717, 1.165) is 11.4 Å². The van der Waals surface area contributed by atoms with E-state index in [2.05, 4.69) is 12.1 Å².